The SMILES string of the molecule is C[C@H](NC(=O)[C@H](O)[C@@H](O)C(=O)N1Cc2ccccc2C[C@@H]1CO)c1ccc(Br)cc1.C[C@H](N[C@H](O)[C@@H](O)C(=O)N1CCC(C#N)(c2ccccc2)CC1)c1ccc(Br)cc1.Cc1ccc(N2CCN(C(=O)[C@H](O)[C@@H](O)C(=O)NC(C)c3ccc(Br)cc3)CC2)cc1C. The van der Waals surface area contributed by atoms with Crippen LogP contribution in [-0.2, 0) is 42.4 Å². The maximum absolute atomic E-state index is 12.8. The van der Waals surface area contributed by atoms with Gasteiger partial charge in [0.05, 0.1) is 36.2 Å². The fourth-order valence-electron chi connectivity index (χ4n) is 11.1. The Kier molecular flexibility index (Phi) is 26.6. The van der Waals surface area contributed by atoms with Crippen LogP contribution in [-0.4, -0.2) is 169 Å². The van der Waals surface area contributed by atoms with Gasteiger partial charge in [-0.2, -0.15) is 5.26 Å². The number of benzene rings is 6. The number of rotatable bonds is 18. The van der Waals surface area contributed by atoms with Crippen LogP contribution in [0.1, 0.15) is 96.2 Å². The van der Waals surface area contributed by atoms with Crippen LogP contribution in [0.4, 0.5) is 5.69 Å². The monoisotopic (exact) mass is 1450 g/mol. The summed E-state index contributed by atoms with van der Waals surface area (Å²) in [6.45, 7) is 12.2. The average molecular weight is 1450 g/mol. The number of hydrogen-bond acceptors (Lipinski definition) is 15. The van der Waals surface area contributed by atoms with E-state index >= 15 is 0 Å². The number of fused-ring (bicyclic) bond motifs is 1. The molecule has 0 saturated carbocycles. The molecule has 10 atom stereocenters. The average Bonchev–Trinajstić information content (AvgIpc) is 0.820. The van der Waals surface area contributed by atoms with E-state index < -0.39 is 83.8 Å². The molecule has 23 heteroatoms. The van der Waals surface area contributed by atoms with E-state index in [-0.39, 0.29) is 25.2 Å². The number of likely N-dealkylation sites (tertiary alicyclic amines) is 1. The molecule has 6 aromatic carbocycles. The molecule has 20 nitrogen and oxygen atoms in total. The van der Waals surface area contributed by atoms with Gasteiger partial charge in [-0.1, -0.05) is 145 Å². The fraction of sp³-hybridized carbons (Fsp3) is 0.391. The lowest BCUT2D eigenvalue weighted by molar-refractivity contribution is -0.156. The fourth-order valence-corrected chi connectivity index (χ4v) is 11.9. The lowest BCUT2D eigenvalue weighted by atomic mass is 9.74. The Labute approximate surface area is 562 Å². The largest absolute Gasteiger partial charge is 0.394 e. The molecule has 0 bridgehead atoms. The standard InChI is InChI=1S/C24H30BrN3O4.C23H26BrN3O3.C22H25BrN2O5/c1-15-4-9-20(14-16(15)2)27-10-12-28(13-11-27)24(32)22(30)21(29)23(31)26-17(3)18-5-7-19(25)8-6-18;1-16(17-7-9-19(24)10-8-17)26-21(29)20(28)22(30)27-13-11-23(15-25,12-14-27)18-5-3-2-4-6-18;1-13(14-6-8-17(23)9-7-14)24-21(29)19(27)20(28)22(30)25-11-16-5-3-2-4-15(16)10-18(25)12-26/h4-9,14,17,21-22,29-30H,10-13H2,1-3H3,(H,26,31);2-10,16,20-21,26,28-29H,11-14H2,1H3;2-9,13,18-20,26-28H,10-12H2,1H3,(H,24,29)/t17?,21-,22-;16-,20+,21+;13-,18+,19+,20+/m100/s1. The second kappa shape index (κ2) is 33.8. The van der Waals surface area contributed by atoms with Crippen LogP contribution in [0.3, 0.4) is 0 Å². The molecule has 0 aromatic heterocycles. The molecule has 9 rings (SSSR count). The van der Waals surface area contributed by atoms with E-state index in [0.29, 0.717) is 58.5 Å². The Morgan fingerprint density at radius 3 is 1.47 bits per heavy atom. The highest BCUT2D eigenvalue weighted by Gasteiger charge is 2.41. The van der Waals surface area contributed by atoms with E-state index in [1.54, 1.807) is 13.8 Å². The van der Waals surface area contributed by atoms with Gasteiger partial charge in [-0.25, -0.2) is 0 Å². The van der Waals surface area contributed by atoms with Crippen LogP contribution < -0.4 is 20.9 Å². The molecule has 3 aliphatic heterocycles. The molecular weight excluding hydrogens is 1370 g/mol. The van der Waals surface area contributed by atoms with E-state index in [1.807, 2.05) is 134 Å². The minimum Gasteiger partial charge on any atom is -0.394 e. The third kappa shape index (κ3) is 18.9. The summed E-state index contributed by atoms with van der Waals surface area (Å²) in [4.78, 5) is 69.6. The highest BCUT2D eigenvalue weighted by atomic mass is 79.9. The van der Waals surface area contributed by atoms with Gasteiger partial charge in [0, 0.05) is 71.0 Å². The molecule has 1 unspecified atom stereocenters. The quantitative estimate of drug-likeness (QED) is 0.0413. The van der Waals surface area contributed by atoms with Crippen LogP contribution in [0.15, 0.2) is 159 Å². The summed E-state index contributed by atoms with van der Waals surface area (Å²) < 4.78 is 2.76. The maximum Gasteiger partial charge on any atom is 0.255 e. The van der Waals surface area contributed by atoms with Crippen LogP contribution in [0.5, 0.6) is 0 Å². The second-order valence-corrected chi connectivity index (χ2v) is 26.2. The van der Waals surface area contributed by atoms with Crippen molar-refractivity contribution >= 4 is 83.0 Å². The number of halogens is 3. The number of hydrogen-bond donors (Lipinski definition) is 10. The number of carbonyl (C=O) groups is 5. The van der Waals surface area contributed by atoms with E-state index in [9.17, 15) is 65.0 Å². The van der Waals surface area contributed by atoms with Gasteiger partial charge in [-0.3, -0.25) is 29.3 Å². The normalized spacial score (nSPS) is 18.2. The molecule has 0 aliphatic carbocycles. The highest BCUT2D eigenvalue weighted by Crippen LogP contribution is 2.35. The Morgan fingerprint density at radius 2 is 0.989 bits per heavy atom. The van der Waals surface area contributed by atoms with Crippen LogP contribution in [0.2, 0.25) is 0 Å². The molecule has 92 heavy (non-hydrogen) atoms. The number of aliphatic hydroxyl groups is 7. The summed E-state index contributed by atoms with van der Waals surface area (Å²) in [6, 6.07) is 46.5. The van der Waals surface area contributed by atoms with Crippen molar-refractivity contribution in [1.29, 1.82) is 5.26 Å². The number of nitriles is 1. The third-order valence-electron chi connectivity index (χ3n) is 17.2. The predicted molar refractivity (Wildman–Crippen MR) is 359 cm³/mol. The molecule has 5 amide bonds. The summed E-state index contributed by atoms with van der Waals surface area (Å²) in [6.07, 6.45) is -9.04. The molecule has 3 heterocycles. The Morgan fingerprint density at radius 1 is 0.543 bits per heavy atom. The summed E-state index contributed by atoms with van der Waals surface area (Å²) in [5.74, 6) is -3.58. The number of nitrogens with one attached hydrogen (secondary N) is 3. The molecule has 3 aliphatic rings. The summed E-state index contributed by atoms with van der Waals surface area (Å²) in [5.41, 5.74) is 8.38. The lowest BCUT2D eigenvalue weighted by Crippen LogP contribution is -2.55. The van der Waals surface area contributed by atoms with E-state index in [1.165, 1.54) is 25.8 Å². The zero-order chi connectivity index (χ0) is 67.0. The second-order valence-electron chi connectivity index (χ2n) is 23.4. The van der Waals surface area contributed by atoms with Crippen LogP contribution >= 0.6 is 47.8 Å². The predicted octanol–water partition coefficient (Wildman–Crippen LogP) is 6.47. The van der Waals surface area contributed by atoms with Crippen molar-refractivity contribution in [3.05, 3.63) is 204 Å². The molecule has 0 spiro atoms. The molecule has 490 valence electrons. The maximum atomic E-state index is 12.8. The van der Waals surface area contributed by atoms with Gasteiger partial charge in [0.2, 0.25) is 0 Å². The van der Waals surface area contributed by atoms with Crippen molar-refractivity contribution in [2.45, 2.75) is 127 Å². The smallest absolute Gasteiger partial charge is 0.255 e. The topological polar surface area (TPSA) is 300 Å². The Bertz CT molecular complexity index is 3480. The zero-order valence-corrected chi connectivity index (χ0v) is 56.7. The molecule has 10 N–H and O–H groups in total. The van der Waals surface area contributed by atoms with Crippen molar-refractivity contribution < 1.29 is 59.7 Å². The van der Waals surface area contributed by atoms with Crippen LogP contribution in [0, 0.1) is 25.2 Å². The van der Waals surface area contributed by atoms with Crippen LogP contribution in [0.25, 0.3) is 0 Å². The number of amides is 5. The van der Waals surface area contributed by atoms with Crippen molar-refractivity contribution in [3.8, 4) is 6.07 Å². The van der Waals surface area contributed by atoms with Crippen molar-refractivity contribution in [3.63, 3.8) is 0 Å². The van der Waals surface area contributed by atoms with Gasteiger partial charge in [-0.05, 0) is 147 Å². The van der Waals surface area contributed by atoms with Crippen molar-refractivity contribution in [1.82, 2.24) is 30.7 Å². The first-order valence-electron chi connectivity index (χ1n) is 30.4. The summed E-state index contributed by atoms with van der Waals surface area (Å²) in [5, 5.41) is 89.7. The highest BCUT2D eigenvalue weighted by molar-refractivity contribution is 9.11. The number of aliphatic hydroxyl groups excluding tert-OH is 7. The first-order chi connectivity index (χ1) is 43.8. The molecular formula is C69H81Br3N8O12. The Balaban J connectivity index is 0.000000196. The summed E-state index contributed by atoms with van der Waals surface area (Å²) >= 11 is 10.1. The molecule has 2 saturated heterocycles. The number of aryl methyl sites for hydroxylation is 2. The number of nitrogens with zero attached hydrogens (tertiary/aromatic N) is 5. The van der Waals surface area contributed by atoms with Gasteiger partial charge in [0.15, 0.2) is 30.5 Å². The lowest BCUT2D eigenvalue weighted by Gasteiger charge is -2.38. The van der Waals surface area contributed by atoms with Crippen molar-refractivity contribution in [2.24, 2.45) is 0 Å². The summed E-state index contributed by atoms with van der Waals surface area (Å²) in [7, 11) is 0. The number of anilines is 1. The Hall–Kier alpha value is -6.92. The van der Waals surface area contributed by atoms with Gasteiger partial charge in [0.25, 0.3) is 29.5 Å². The van der Waals surface area contributed by atoms with Gasteiger partial charge < -0.3 is 66.0 Å². The van der Waals surface area contributed by atoms with Gasteiger partial charge in [-0.15, -0.1) is 0 Å². The minimum atomic E-state index is -1.93. The number of piperidine rings is 1. The van der Waals surface area contributed by atoms with Crippen molar-refractivity contribution in [2.75, 3.05) is 50.8 Å². The number of piperazine rings is 1. The first kappa shape index (κ1) is 72.5. The third-order valence-corrected chi connectivity index (χ3v) is 18.8. The number of carbonyl (C=O) groups excluding carboxylic acids is 5. The van der Waals surface area contributed by atoms with Gasteiger partial charge >= 0.3 is 0 Å². The molecule has 0 radical (unpaired) electrons. The van der Waals surface area contributed by atoms with Gasteiger partial charge in [0.1, 0.15) is 6.23 Å². The van der Waals surface area contributed by atoms with E-state index in [2.05, 4.69) is 107 Å². The van der Waals surface area contributed by atoms with E-state index in [4.69, 9.17) is 0 Å². The van der Waals surface area contributed by atoms with E-state index in [0.717, 1.165) is 52.5 Å². The molecule has 6 aromatic rings. The molecule has 2 fully saturated rings. The first-order valence-corrected chi connectivity index (χ1v) is 32.8. The minimum absolute atomic E-state index is 0.195. The zero-order valence-electron chi connectivity index (χ0n) is 51.9.